The number of hydrogen-bond donors (Lipinski definition) is 3. The van der Waals surface area contributed by atoms with Gasteiger partial charge >= 0.3 is 11.3 Å². The van der Waals surface area contributed by atoms with Gasteiger partial charge in [-0.1, -0.05) is 23.7 Å². The number of halogens is 1. The van der Waals surface area contributed by atoms with Crippen LogP contribution in [0, 0.1) is 6.92 Å². The number of para-hydroxylation sites is 1. The molecule has 0 aromatic heterocycles. The minimum absolute atomic E-state index is 0.0132. The van der Waals surface area contributed by atoms with Crippen LogP contribution in [-0.2, 0) is 14.8 Å². The van der Waals surface area contributed by atoms with Crippen molar-refractivity contribution in [1.29, 1.82) is 0 Å². The molecule has 2 aliphatic rings. The fourth-order valence-corrected chi connectivity index (χ4v) is 6.02. The summed E-state index contributed by atoms with van der Waals surface area (Å²) >= 11 is 6.93. The number of fused-ring (bicyclic) bond motifs is 2. The summed E-state index contributed by atoms with van der Waals surface area (Å²) in [4.78, 5) is 25.2. The number of nitrogens with one attached hydrogen (secondary N) is 3. The van der Waals surface area contributed by atoms with Crippen LogP contribution in [0.4, 0.5) is 10.5 Å². The second-order valence-corrected chi connectivity index (χ2v) is 9.16. The molecule has 0 saturated heterocycles. The maximum absolute atomic E-state index is 12.7. The maximum Gasteiger partial charge on any atom is 0.415 e. The molecule has 27 heavy (non-hydrogen) atoms. The SMILES string of the molecule is Cc1cc2c(cc1Cl)SC1(NC(=O)c3ccccc3NC(=O)O1)NS2(=O)=O. The van der Waals surface area contributed by atoms with Crippen LogP contribution in [0.1, 0.15) is 15.9 Å². The molecule has 0 aliphatic carbocycles. The lowest BCUT2D eigenvalue weighted by Gasteiger charge is -2.38. The quantitative estimate of drug-likeness (QED) is 0.598. The van der Waals surface area contributed by atoms with Gasteiger partial charge in [-0.2, -0.15) is 0 Å². The second-order valence-electron chi connectivity index (χ2n) is 5.89. The lowest BCUT2D eigenvalue weighted by molar-refractivity contribution is 0.0465. The van der Waals surface area contributed by atoms with Gasteiger partial charge in [0, 0.05) is 9.92 Å². The second kappa shape index (κ2) is 6.13. The molecule has 0 bridgehead atoms. The zero-order valence-electron chi connectivity index (χ0n) is 13.7. The predicted molar refractivity (Wildman–Crippen MR) is 99.1 cm³/mol. The van der Waals surface area contributed by atoms with Crippen LogP contribution in [0.15, 0.2) is 46.2 Å². The summed E-state index contributed by atoms with van der Waals surface area (Å²) in [6.45, 7) is 1.67. The van der Waals surface area contributed by atoms with E-state index in [-0.39, 0.29) is 21.0 Å². The Kier molecular flexibility index (Phi) is 4.11. The van der Waals surface area contributed by atoms with Crippen molar-refractivity contribution in [1.82, 2.24) is 10.0 Å². The molecule has 11 heteroatoms. The van der Waals surface area contributed by atoms with Crippen LogP contribution >= 0.6 is 23.4 Å². The van der Waals surface area contributed by atoms with Gasteiger partial charge in [0.1, 0.15) is 0 Å². The first kappa shape index (κ1) is 18.1. The number of benzene rings is 2. The van der Waals surface area contributed by atoms with Gasteiger partial charge < -0.3 is 4.74 Å². The minimum atomic E-state index is -4.09. The summed E-state index contributed by atoms with van der Waals surface area (Å²) in [5.41, 5.74) is 0.991. The van der Waals surface area contributed by atoms with E-state index in [0.29, 0.717) is 10.6 Å². The van der Waals surface area contributed by atoms with Crippen molar-refractivity contribution in [2.45, 2.75) is 21.9 Å². The highest BCUT2D eigenvalue weighted by atomic mass is 35.5. The molecule has 2 amide bonds. The Bertz CT molecular complexity index is 1110. The standard InChI is InChI=1S/C16H12ClN3O5S2/c1-8-6-13-12(7-10(8)17)26-16(20-27(13,23)24)19-14(21)9-4-2-3-5-11(9)18-15(22)25-16/h2-7,20H,1H3,(H,18,22)(H,19,21). The van der Waals surface area contributed by atoms with E-state index in [1.807, 2.05) is 0 Å². The van der Waals surface area contributed by atoms with E-state index in [9.17, 15) is 18.0 Å². The number of amides is 2. The van der Waals surface area contributed by atoms with Gasteiger partial charge in [0.2, 0.25) is 10.0 Å². The first-order valence-electron chi connectivity index (χ1n) is 7.64. The third kappa shape index (κ3) is 3.14. The first-order chi connectivity index (χ1) is 12.7. The van der Waals surface area contributed by atoms with Gasteiger partial charge in [-0.05, 0) is 48.5 Å². The lowest BCUT2D eigenvalue weighted by atomic mass is 10.1. The average molecular weight is 426 g/mol. The van der Waals surface area contributed by atoms with E-state index in [0.717, 1.165) is 11.8 Å². The maximum atomic E-state index is 12.7. The molecule has 2 heterocycles. The van der Waals surface area contributed by atoms with Crippen molar-refractivity contribution >= 4 is 51.1 Å². The van der Waals surface area contributed by atoms with Gasteiger partial charge in [-0.15, -0.1) is 4.72 Å². The third-order valence-corrected chi connectivity index (χ3v) is 7.23. The summed E-state index contributed by atoms with van der Waals surface area (Å²) in [5, 5.41) is 3.19. The Morgan fingerprint density at radius 1 is 1.19 bits per heavy atom. The number of thioether (sulfide) groups is 1. The van der Waals surface area contributed by atoms with Crippen LogP contribution in [0.3, 0.4) is 0 Å². The Hall–Kier alpha value is -2.27. The molecule has 4 rings (SSSR count). The van der Waals surface area contributed by atoms with Gasteiger partial charge in [0.25, 0.3) is 5.91 Å². The van der Waals surface area contributed by atoms with Gasteiger partial charge in [0.15, 0.2) is 0 Å². The number of carbonyl (C=O) groups excluding carboxylic acids is 2. The predicted octanol–water partition coefficient (Wildman–Crippen LogP) is 2.64. The Balaban J connectivity index is 1.83. The van der Waals surface area contributed by atoms with Crippen LogP contribution in [-0.4, -0.2) is 25.6 Å². The smallest absolute Gasteiger partial charge is 0.397 e. The molecule has 140 valence electrons. The van der Waals surface area contributed by atoms with Crippen LogP contribution in [0.2, 0.25) is 5.02 Å². The number of sulfonamides is 1. The highest BCUT2D eigenvalue weighted by Gasteiger charge is 2.48. The highest BCUT2D eigenvalue weighted by Crippen LogP contribution is 2.43. The summed E-state index contributed by atoms with van der Waals surface area (Å²) in [6.07, 6.45) is -0.931. The van der Waals surface area contributed by atoms with Crippen molar-refractivity contribution in [2.75, 3.05) is 5.32 Å². The van der Waals surface area contributed by atoms with Crippen LogP contribution in [0.25, 0.3) is 0 Å². The molecule has 1 spiro atoms. The number of hydrogen-bond acceptors (Lipinski definition) is 6. The molecule has 2 aromatic carbocycles. The number of anilines is 1. The third-order valence-electron chi connectivity index (χ3n) is 3.96. The first-order valence-corrected chi connectivity index (χ1v) is 10.3. The fraction of sp³-hybridized carbons (Fsp3) is 0.125. The number of ether oxygens (including phenoxy) is 1. The van der Waals surface area contributed by atoms with E-state index in [1.54, 1.807) is 19.1 Å². The molecule has 1 unspecified atom stereocenters. The van der Waals surface area contributed by atoms with E-state index < -0.39 is 27.2 Å². The molecule has 3 N–H and O–H groups in total. The van der Waals surface area contributed by atoms with Gasteiger partial charge in [0.05, 0.1) is 16.1 Å². The average Bonchev–Trinajstić information content (AvgIpc) is 2.55. The largest absolute Gasteiger partial charge is 0.415 e. The van der Waals surface area contributed by atoms with Crippen LogP contribution < -0.4 is 15.4 Å². The highest BCUT2D eigenvalue weighted by molar-refractivity contribution is 8.03. The van der Waals surface area contributed by atoms with Crippen molar-refractivity contribution in [3.8, 4) is 0 Å². The molecular formula is C16H12ClN3O5S2. The van der Waals surface area contributed by atoms with E-state index in [1.165, 1.54) is 24.3 Å². The zero-order valence-corrected chi connectivity index (χ0v) is 16.1. The molecule has 2 aromatic rings. The molecule has 0 radical (unpaired) electrons. The molecule has 2 aliphatic heterocycles. The van der Waals surface area contributed by atoms with Crippen LogP contribution in [0.5, 0.6) is 0 Å². The van der Waals surface area contributed by atoms with Crippen molar-refractivity contribution in [2.24, 2.45) is 0 Å². The Morgan fingerprint density at radius 3 is 2.70 bits per heavy atom. The number of rotatable bonds is 0. The fourth-order valence-electron chi connectivity index (χ4n) is 2.73. The summed E-state index contributed by atoms with van der Waals surface area (Å²) in [6, 6.07) is 9.17. The van der Waals surface area contributed by atoms with Crippen molar-refractivity contribution in [3.05, 3.63) is 52.5 Å². The summed E-state index contributed by atoms with van der Waals surface area (Å²) in [7, 11) is -4.09. The zero-order chi connectivity index (χ0) is 19.4. The summed E-state index contributed by atoms with van der Waals surface area (Å²) < 4.78 is 33.0. The van der Waals surface area contributed by atoms with Gasteiger partial charge in [-0.25, -0.2) is 13.2 Å². The lowest BCUT2D eigenvalue weighted by Crippen LogP contribution is -2.63. The molecular weight excluding hydrogens is 414 g/mol. The molecule has 0 saturated carbocycles. The van der Waals surface area contributed by atoms with E-state index in [4.69, 9.17) is 16.3 Å². The van der Waals surface area contributed by atoms with E-state index in [2.05, 4.69) is 15.4 Å². The molecule has 1 atom stereocenters. The topological polar surface area (TPSA) is 114 Å². The van der Waals surface area contributed by atoms with Gasteiger partial charge in [-0.3, -0.25) is 15.4 Å². The molecule has 0 fully saturated rings. The Morgan fingerprint density at radius 2 is 1.93 bits per heavy atom. The Labute approximate surface area is 163 Å². The minimum Gasteiger partial charge on any atom is -0.397 e. The van der Waals surface area contributed by atoms with Crippen molar-refractivity contribution < 1.29 is 22.7 Å². The number of aryl methyl sites for hydroxylation is 1. The summed E-state index contributed by atoms with van der Waals surface area (Å²) in [5.74, 6) is -0.623. The monoisotopic (exact) mass is 425 g/mol. The van der Waals surface area contributed by atoms with E-state index >= 15 is 0 Å². The normalized spacial score (nSPS) is 23.2. The number of carbonyl (C=O) groups is 2. The molecule has 8 nitrogen and oxygen atoms in total. The van der Waals surface area contributed by atoms with Crippen molar-refractivity contribution in [3.63, 3.8) is 0 Å².